The van der Waals surface area contributed by atoms with Crippen molar-refractivity contribution in [3.8, 4) is 17.2 Å². The van der Waals surface area contributed by atoms with Gasteiger partial charge in [0.1, 0.15) is 5.75 Å². The average molecular weight is 327 g/mol. The second kappa shape index (κ2) is 6.83. The van der Waals surface area contributed by atoms with Gasteiger partial charge in [-0.2, -0.15) is 0 Å². The maximum absolute atomic E-state index is 12.2. The van der Waals surface area contributed by atoms with Crippen molar-refractivity contribution in [1.82, 2.24) is 5.32 Å². The summed E-state index contributed by atoms with van der Waals surface area (Å²) in [7, 11) is 0. The van der Waals surface area contributed by atoms with E-state index in [9.17, 15) is 4.79 Å². The first-order valence-corrected chi connectivity index (χ1v) is 7.93. The molecule has 2 aromatic carbocycles. The van der Waals surface area contributed by atoms with Crippen molar-refractivity contribution in [3.05, 3.63) is 53.1 Å². The van der Waals surface area contributed by atoms with Gasteiger partial charge in [-0.25, -0.2) is 0 Å². The molecule has 3 rings (SSSR count). The molecule has 1 aliphatic heterocycles. The van der Waals surface area contributed by atoms with E-state index < -0.39 is 6.10 Å². The predicted octanol–water partition coefficient (Wildman–Crippen LogP) is 3.12. The average Bonchev–Trinajstić information content (AvgIpc) is 3.03. The normalized spacial score (nSPS) is 13.5. The lowest BCUT2D eigenvalue weighted by Gasteiger charge is -2.15. The zero-order valence-corrected chi connectivity index (χ0v) is 14.1. The molecule has 1 aliphatic rings. The van der Waals surface area contributed by atoms with Gasteiger partial charge in [-0.3, -0.25) is 4.79 Å². The van der Waals surface area contributed by atoms with Crippen molar-refractivity contribution in [2.45, 2.75) is 33.4 Å². The van der Waals surface area contributed by atoms with Gasteiger partial charge in [-0.15, -0.1) is 0 Å². The molecule has 24 heavy (non-hydrogen) atoms. The first kappa shape index (κ1) is 16.2. The summed E-state index contributed by atoms with van der Waals surface area (Å²) in [6.45, 7) is 6.46. The lowest BCUT2D eigenvalue weighted by Crippen LogP contribution is -2.35. The van der Waals surface area contributed by atoms with Gasteiger partial charge in [0.05, 0.1) is 0 Å². The Labute approximate surface area is 141 Å². The summed E-state index contributed by atoms with van der Waals surface area (Å²) < 4.78 is 16.3. The Morgan fingerprint density at radius 1 is 1.12 bits per heavy atom. The molecule has 0 saturated heterocycles. The van der Waals surface area contributed by atoms with Crippen LogP contribution >= 0.6 is 0 Å². The zero-order valence-electron chi connectivity index (χ0n) is 14.1. The van der Waals surface area contributed by atoms with Crippen molar-refractivity contribution >= 4 is 5.91 Å². The first-order chi connectivity index (χ1) is 11.5. The van der Waals surface area contributed by atoms with Crippen molar-refractivity contribution < 1.29 is 19.0 Å². The molecular weight excluding hydrogens is 306 g/mol. The van der Waals surface area contributed by atoms with E-state index in [0.717, 1.165) is 16.9 Å². The summed E-state index contributed by atoms with van der Waals surface area (Å²) in [5.41, 5.74) is 3.29. The van der Waals surface area contributed by atoms with Crippen LogP contribution in [0.4, 0.5) is 0 Å². The van der Waals surface area contributed by atoms with E-state index in [1.165, 1.54) is 5.56 Å². The number of rotatable bonds is 5. The number of hydrogen-bond acceptors (Lipinski definition) is 4. The van der Waals surface area contributed by atoms with Crippen LogP contribution in [0.2, 0.25) is 0 Å². The maximum atomic E-state index is 12.2. The highest BCUT2D eigenvalue weighted by molar-refractivity contribution is 5.80. The molecule has 1 atom stereocenters. The predicted molar refractivity (Wildman–Crippen MR) is 90.4 cm³/mol. The minimum Gasteiger partial charge on any atom is -0.481 e. The number of aryl methyl sites for hydroxylation is 2. The number of nitrogens with one attached hydrogen (secondary N) is 1. The van der Waals surface area contributed by atoms with Crippen LogP contribution in [-0.4, -0.2) is 18.8 Å². The van der Waals surface area contributed by atoms with Crippen molar-refractivity contribution in [2.24, 2.45) is 0 Å². The molecule has 0 unspecified atom stereocenters. The molecule has 0 bridgehead atoms. The van der Waals surface area contributed by atoms with E-state index in [-0.39, 0.29) is 12.7 Å². The maximum Gasteiger partial charge on any atom is 0.261 e. The SMILES string of the molecule is Cc1ccc(O[C@H](C)C(=O)NCc2ccc3c(c2)OCO3)cc1C. The van der Waals surface area contributed by atoms with Crippen LogP contribution in [0.3, 0.4) is 0 Å². The summed E-state index contributed by atoms with van der Waals surface area (Å²) in [6.07, 6.45) is -0.568. The highest BCUT2D eigenvalue weighted by Crippen LogP contribution is 2.32. The van der Waals surface area contributed by atoms with E-state index in [1.807, 2.05) is 50.2 Å². The van der Waals surface area contributed by atoms with E-state index in [2.05, 4.69) is 5.32 Å². The third-order valence-corrected chi connectivity index (χ3v) is 4.06. The molecule has 0 aromatic heterocycles. The van der Waals surface area contributed by atoms with Gasteiger partial charge in [0.2, 0.25) is 6.79 Å². The molecule has 1 heterocycles. The molecule has 0 saturated carbocycles. The third kappa shape index (κ3) is 3.62. The fourth-order valence-electron chi connectivity index (χ4n) is 2.43. The number of fused-ring (bicyclic) bond motifs is 1. The third-order valence-electron chi connectivity index (χ3n) is 4.06. The summed E-state index contributed by atoms with van der Waals surface area (Å²) in [4.78, 5) is 12.2. The molecule has 5 heteroatoms. The van der Waals surface area contributed by atoms with Gasteiger partial charge in [0.15, 0.2) is 17.6 Å². The second-order valence-corrected chi connectivity index (χ2v) is 5.91. The Bertz CT molecular complexity index is 757. The molecule has 0 fully saturated rings. The Balaban J connectivity index is 1.55. The lowest BCUT2D eigenvalue weighted by atomic mass is 10.1. The Morgan fingerprint density at radius 3 is 2.71 bits per heavy atom. The quantitative estimate of drug-likeness (QED) is 0.917. The Hall–Kier alpha value is -2.69. The van der Waals surface area contributed by atoms with Crippen molar-refractivity contribution in [3.63, 3.8) is 0 Å². The lowest BCUT2D eigenvalue weighted by molar-refractivity contribution is -0.127. The highest BCUT2D eigenvalue weighted by Gasteiger charge is 2.16. The molecule has 0 radical (unpaired) electrons. The zero-order chi connectivity index (χ0) is 17.1. The van der Waals surface area contributed by atoms with Crippen LogP contribution in [0.1, 0.15) is 23.6 Å². The van der Waals surface area contributed by atoms with Gasteiger partial charge in [-0.05, 0) is 61.7 Å². The van der Waals surface area contributed by atoms with E-state index in [4.69, 9.17) is 14.2 Å². The summed E-state index contributed by atoms with van der Waals surface area (Å²) in [5, 5.41) is 2.88. The van der Waals surface area contributed by atoms with Crippen LogP contribution < -0.4 is 19.5 Å². The molecule has 0 spiro atoms. The number of carbonyl (C=O) groups excluding carboxylic acids is 1. The molecule has 5 nitrogen and oxygen atoms in total. The largest absolute Gasteiger partial charge is 0.481 e. The first-order valence-electron chi connectivity index (χ1n) is 7.93. The van der Waals surface area contributed by atoms with Gasteiger partial charge in [0, 0.05) is 6.54 Å². The molecular formula is C19H21NO4. The Kier molecular flexibility index (Phi) is 4.60. The Morgan fingerprint density at radius 2 is 1.92 bits per heavy atom. The van der Waals surface area contributed by atoms with Crippen LogP contribution in [-0.2, 0) is 11.3 Å². The molecule has 1 N–H and O–H groups in total. The van der Waals surface area contributed by atoms with Crippen LogP contribution in [0, 0.1) is 13.8 Å². The summed E-state index contributed by atoms with van der Waals surface area (Å²) >= 11 is 0. The van der Waals surface area contributed by atoms with E-state index >= 15 is 0 Å². The molecule has 126 valence electrons. The minimum absolute atomic E-state index is 0.161. The standard InChI is InChI=1S/C19H21NO4/c1-12-4-6-16(8-13(12)2)24-14(3)19(21)20-10-15-5-7-17-18(9-15)23-11-22-17/h4-9,14H,10-11H2,1-3H3,(H,20,21)/t14-/m1/s1. The van der Waals surface area contributed by atoms with Crippen LogP contribution in [0.15, 0.2) is 36.4 Å². The fourth-order valence-corrected chi connectivity index (χ4v) is 2.43. The van der Waals surface area contributed by atoms with E-state index in [1.54, 1.807) is 6.92 Å². The number of carbonyl (C=O) groups is 1. The molecule has 1 amide bonds. The number of benzene rings is 2. The van der Waals surface area contributed by atoms with Crippen LogP contribution in [0.5, 0.6) is 17.2 Å². The van der Waals surface area contributed by atoms with Gasteiger partial charge in [0.25, 0.3) is 5.91 Å². The second-order valence-electron chi connectivity index (χ2n) is 5.91. The number of hydrogen-bond donors (Lipinski definition) is 1. The number of amides is 1. The smallest absolute Gasteiger partial charge is 0.261 e. The topological polar surface area (TPSA) is 56.8 Å². The van der Waals surface area contributed by atoms with Gasteiger partial charge < -0.3 is 19.5 Å². The summed E-state index contributed by atoms with van der Waals surface area (Å²) in [6, 6.07) is 11.4. The fraction of sp³-hybridized carbons (Fsp3) is 0.316. The van der Waals surface area contributed by atoms with Crippen molar-refractivity contribution in [2.75, 3.05) is 6.79 Å². The van der Waals surface area contributed by atoms with Gasteiger partial charge in [-0.1, -0.05) is 12.1 Å². The van der Waals surface area contributed by atoms with Crippen molar-refractivity contribution in [1.29, 1.82) is 0 Å². The summed E-state index contributed by atoms with van der Waals surface area (Å²) in [5.74, 6) is 1.98. The van der Waals surface area contributed by atoms with E-state index in [0.29, 0.717) is 18.0 Å². The number of ether oxygens (including phenoxy) is 3. The molecule has 0 aliphatic carbocycles. The monoisotopic (exact) mass is 327 g/mol. The molecule has 2 aromatic rings. The highest BCUT2D eigenvalue weighted by atomic mass is 16.7. The van der Waals surface area contributed by atoms with Crippen LogP contribution in [0.25, 0.3) is 0 Å². The van der Waals surface area contributed by atoms with Gasteiger partial charge >= 0.3 is 0 Å². The minimum atomic E-state index is -0.568.